The molecule has 166 valence electrons. The zero-order valence-corrected chi connectivity index (χ0v) is 18.4. The zero-order valence-electron chi connectivity index (χ0n) is 16.9. The van der Waals surface area contributed by atoms with Gasteiger partial charge in [-0.05, 0) is 42.8 Å². The lowest BCUT2D eigenvalue weighted by atomic mass is 10.0. The highest BCUT2D eigenvalue weighted by Gasteiger charge is 2.20. The van der Waals surface area contributed by atoms with E-state index in [4.69, 9.17) is 39.4 Å². The molecule has 32 heavy (non-hydrogen) atoms. The topological polar surface area (TPSA) is 120 Å². The third kappa shape index (κ3) is 5.27. The number of hydrogen-bond donors (Lipinski definition) is 3. The van der Waals surface area contributed by atoms with Crippen molar-refractivity contribution in [2.24, 2.45) is 5.73 Å². The van der Waals surface area contributed by atoms with Gasteiger partial charge in [0.1, 0.15) is 11.9 Å². The summed E-state index contributed by atoms with van der Waals surface area (Å²) in [4.78, 5) is 27.0. The molecule has 0 fully saturated rings. The minimum atomic E-state index is -0.707. The van der Waals surface area contributed by atoms with Crippen molar-refractivity contribution < 1.29 is 18.7 Å². The first-order valence-electron chi connectivity index (χ1n) is 9.40. The van der Waals surface area contributed by atoms with E-state index in [9.17, 15) is 14.0 Å². The van der Waals surface area contributed by atoms with E-state index in [0.29, 0.717) is 16.7 Å². The number of aromatic nitrogens is 1. The molecule has 0 spiro atoms. The molecular formula is C22H19Cl2FN4O3. The molecular weight excluding hydrogens is 458 g/mol. The maximum absolute atomic E-state index is 13.9. The van der Waals surface area contributed by atoms with Crippen molar-refractivity contribution in [1.29, 1.82) is 0 Å². The Balaban J connectivity index is 1.82. The van der Waals surface area contributed by atoms with Crippen LogP contribution in [0.5, 0.6) is 5.75 Å². The lowest BCUT2D eigenvalue weighted by Gasteiger charge is -2.19. The number of nitrogen functional groups attached to an aromatic ring is 1. The third-order valence-corrected chi connectivity index (χ3v) is 5.29. The highest BCUT2D eigenvalue weighted by Crippen LogP contribution is 2.36. The highest BCUT2D eigenvalue weighted by molar-refractivity contribution is 6.36. The predicted molar refractivity (Wildman–Crippen MR) is 121 cm³/mol. The summed E-state index contributed by atoms with van der Waals surface area (Å²) in [5.41, 5.74) is 13.0. The lowest BCUT2D eigenvalue weighted by molar-refractivity contribution is -0.117. The summed E-state index contributed by atoms with van der Waals surface area (Å²) in [7, 11) is 0. The van der Waals surface area contributed by atoms with E-state index in [0.717, 1.165) is 5.56 Å². The number of carbonyl (C=O) groups excluding carboxylic acids is 2. The fourth-order valence-corrected chi connectivity index (χ4v) is 3.63. The fraction of sp³-hybridized carbons (Fsp3) is 0.136. The van der Waals surface area contributed by atoms with E-state index in [1.54, 1.807) is 43.5 Å². The van der Waals surface area contributed by atoms with E-state index in [1.807, 2.05) is 0 Å². The van der Waals surface area contributed by atoms with Gasteiger partial charge in [0.15, 0.2) is 11.6 Å². The van der Waals surface area contributed by atoms with Gasteiger partial charge in [0.25, 0.3) is 5.91 Å². The predicted octanol–water partition coefficient (Wildman–Crippen LogP) is 4.13. The lowest BCUT2D eigenvalue weighted by Crippen LogP contribution is -2.33. The van der Waals surface area contributed by atoms with Gasteiger partial charge in [-0.25, -0.2) is 9.37 Å². The van der Waals surface area contributed by atoms with Gasteiger partial charge < -0.3 is 21.5 Å². The van der Waals surface area contributed by atoms with Crippen LogP contribution in [-0.2, 0) is 4.79 Å². The van der Waals surface area contributed by atoms with Gasteiger partial charge in [0, 0.05) is 27.9 Å². The first kappa shape index (κ1) is 23.3. The summed E-state index contributed by atoms with van der Waals surface area (Å²) in [6.07, 6.45) is 0.846. The first-order valence-corrected chi connectivity index (χ1v) is 10.2. The number of carbonyl (C=O) groups is 2. The van der Waals surface area contributed by atoms with Gasteiger partial charge in [0.2, 0.25) is 5.91 Å². The molecule has 3 rings (SSSR count). The summed E-state index contributed by atoms with van der Waals surface area (Å²) in [5, 5.41) is 2.55. The first-order chi connectivity index (χ1) is 15.2. The molecule has 5 N–H and O–H groups in total. The second kappa shape index (κ2) is 9.84. The average molecular weight is 477 g/mol. The van der Waals surface area contributed by atoms with E-state index in [1.165, 1.54) is 12.1 Å². The van der Waals surface area contributed by atoms with Crippen LogP contribution in [0.25, 0.3) is 11.1 Å². The van der Waals surface area contributed by atoms with E-state index in [-0.39, 0.29) is 28.2 Å². The average Bonchev–Trinajstić information content (AvgIpc) is 2.76. The second-order valence-corrected chi connectivity index (χ2v) is 7.64. The van der Waals surface area contributed by atoms with E-state index < -0.39 is 23.7 Å². The van der Waals surface area contributed by atoms with Crippen LogP contribution in [0, 0.1) is 5.82 Å². The van der Waals surface area contributed by atoms with Crippen LogP contribution in [0.3, 0.4) is 0 Å². The number of rotatable bonds is 7. The molecule has 10 heteroatoms. The highest BCUT2D eigenvalue weighted by atomic mass is 35.5. The molecule has 1 unspecified atom stereocenters. The Labute approximate surface area is 193 Å². The molecule has 2 amide bonds. The van der Waals surface area contributed by atoms with Crippen LogP contribution in [0.4, 0.5) is 10.2 Å². The Morgan fingerprint density at radius 2 is 1.84 bits per heavy atom. The monoisotopic (exact) mass is 476 g/mol. The summed E-state index contributed by atoms with van der Waals surface area (Å²) < 4.78 is 19.8. The molecule has 0 saturated heterocycles. The molecule has 1 aromatic heterocycles. The quantitative estimate of drug-likeness (QED) is 0.442. The van der Waals surface area contributed by atoms with Crippen LogP contribution in [0.15, 0.2) is 48.7 Å². The molecule has 0 aliphatic heterocycles. The van der Waals surface area contributed by atoms with Crippen molar-refractivity contribution in [3.05, 3.63) is 75.7 Å². The minimum Gasteiger partial charge on any atom is -0.482 e. The molecule has 7 nitrogen and oxygen atoms in total. The van der Waals surface area contributed by atoms with Crippen molar-refractivity contribution in [3.63, 3.8) is 0 Å². The number of nitrogens with one attached hydrogen (secondary N) is 1. The second-order valence-electron chi connectivity index (χ2n) is 6.85. The van der Waals surface area contributed by atoms with Crippen molar-refractivity contribution in [3.8, 4) is 16.9 Å². The SMILES string of the molecule is CC(Oc1cc(-c2ccc(C(=O)NCC(N)=O)cc2)cnc1N)c1c(Cl)ccc(F)c1Cl. The number of amides is 2. The molecule has 1 atom stereocenters. The number of pyridine rings is 1. The summed E-state index contributed by atoms with van der Waals surface area (Å²) >= 11 is 12.2. The molecule has 3 aromatic rings. The van der Waals surface area contributed by atoms with Crippen LogP contribution in [0.2, 0.25) is 10.0 Å². The molecule has 0 bridgehead atoms. The van der Waals surface area contributed by atoms with Crippen molar-refractivity contribution in [2.75, 3.05) is 12.3 Å². The maximum Gasteiger partial charge on any atom is 0.251 e. The minimum absolute atomic E-state index is 0.127. The number of nitrogens with two attached hydrogens (primary N) is 2. The van der Waals surface area contributed by atoms with Crippen LogP contribution in [0.1, 0.15) is 28.9 Å². The van der Waals surface area contributed by atoms with Crippen molar-refractivity contribution in [1.82, 2.24) is 10.3 Å². The van der Waals surface area contributed by atoms with Crippen LogP contribution in [-0.4, -0.2) is 23.3 Å². The van der Waals surface area contributed by atoms with E-state index in [2.05, 4.69) is 10.3 Å². The summed E-state index contributed by atoms with van der Waals surface area (Å²) in [6.45, 7) is 1.42. The Bertz CT molecular complexity index is 1170. The van der Waals surface area contributed by atoms with E-state index >= 15 is 0 Å². The number of anilines is 1. The van der Waals surface area contributed by atoms with Gasteiger partial charge >= 0.3 is 0 Å². The molecule has 0 saturated carbocycles. The summed E-state index contributed by atoms with van der Waals surface area (Å²) in [6, 6.07) is 10.9. The number of hydrogen-bond acceptors (Lipinski definition) is 5. The van der Waals surface area contributed by atoms with Crippen molar-refractivity contribution >= 4 is 40.8 Å². The Morgan fingerprint density at radius 3 is 2.50 bits per heavy atom. The molecule has 0 aliphatic rings. The molecule has 0 radical (unpaired) electrons. The smallest absolute Gasteiger partial charge is 0.251 e. The number of ether oxygens (including phenoxy) is 1. The van der Waals surface area contributed by atoms with Crippen LogP contribution >= 0.6 is 23.2 Å². The van der Waals surface area contributed by atoms with Crippen LogP contribution < -0.4 is 21.5 Å². The zero-order chi connectivity index (χ0) is 23.4. The molecule has 2 aromatic carbocycles. The van der Waals surface area contributed by atoms with Gasteiger partial charge in [0.05, 0.1) is 11.6 Å². The fourth-order valence-electron chi connectivity index (χ4n) is 2.96. The van der Waals surface area contributed by atoms with Crippen molar-refractivity contribution in [2.45, 2.75) is 13.0 Å². The largest absolute Gasteiger partial charge is 0.482 e. The number of halogens is 3. The Kier molecular flexibility index (Phi) is 7.17. The normalized spacial score (nSPS) is 11.6. The van der Waals surface area contributed by atoms with Gasteiger partial charge in [-0.3, -0.25) is 9.59 Å². The van der Waals surface area contributed by atoms with Gasteiger partial charge in [-0.2, -0.15) is 0 Å². The standard InChI is InChI=1S/C22H19Cl2FN4O3/c1-11(19-15(23)6-7-16(25)20(19)24)32-17-8-14(9-28-21(17)27)12-2-4-13(5-3-12)22(31)29-10-18(26)30/h2-9,11H,10H2,1H3,(H2,26,30)(H2,27,28)(H,29,31). The molecule has 0 aliphatic carbocycles. The number of benzene rings is 2. The Morgan fingerprint density at radius 1 is 1.16 bits per heavy atom. The van der Waals surface area contributed by atoms with Gasteiger partial charge in [-0.1, -0.05) is 35.3 Å². The maximum atomic E-state index is 13.9. The summed E-state index contributed by atoms with van der Waals surface area (Å²) in [5.74, 6) is -1.28. The van der Waals surface area contributed by atoms with Gasteiger partial charge in [-0.15, -0.1) is 0 Å². The Hall–Kier alpha value is -3.36. The number of primary amides is 1. The third-order valence-electron chi connectivity index (χ3n) is 4.58. The number of nitrogens with zero attached hydrogens (tertiary/aromatic N) is 1. The molecule has 1 heterocycles.